The Balaban J connectivity index is 1.93. The van der Waals surface area contributed by atoms with Gasteiger partial charge in [0.1, 0.15) is 0 Å². The second kappa shape index (κ2) is 7.57. The Morgan fingerprint density at radius 1 is 1.05 bits per heavy atom. The predicted molar refractivity (Wildman–Crippen MR) is 88.3 cm³/mol. The van der Waals surface area contributed by atoms with E-state index in [1.165, 1.54) is 5.69 Å². The first-order valence-electron chi connectivity index (χ1n) is 7.93. The molecule has 1 aromatic rings. The van der Waals surface area contributed by atoms with Crippen molar-refractivity contribution >= 4 is 11.5 Å². The fraction of sp³-hybridized carbons (Fsp3) is 0.588. The molecule has 4 heteroatoms. The van der Waals surface area contributed by atoms with Crippen molar-refractivity contribution in [2.75, 3.05) is 57.8 Å². The van der Waals surface area contributed by atoms with Crippen molar-refractivity contribution in [1.29, 1.82) is 0 Å². The Bertz CT molecular complexity index is 446. The van der Waals surface area contributed by atoms with Gasteiger partial charge in [-0.1, -0.05) is 0 Å². The summed E-state index contributed by atoms with van der Waals surface area (Å²) in [6.07, 6.45) is 0. The minimum atomic E-state index is 0.227. The monoisotopic (exact) mass is 289 g/mol. The normalized spacial score (nSPS) is 16.9. The molecule has 0 saturated carbocycles. The molecular formula is C17H27N3O. The third-order valence-electron chi connectivity index (χ3n) is 4.28. The second-order valence-corrected chi connectivity index (χ2v) is 5.72. The Labute approximate surface area is 128 Å². The van der Waals surface area contributed by atoms with Crippen LogP contribution in [0.3, 0.4) is 0 Å². The van der Waals surface area contributed by atoms with Crippen molar-refractivity contribution in [3.8, 4) is 0 Å². The van der Waals surface area contributed by atoms with Crippen LogP contribution in [0.1, 0.15) is 24.2 Å². The lowest BCUT2D eigenvalue weighted by molar-refractivity contribution is 0.0876. The van der Waals surface area contributed by atoms with Gasteiger partial charge in [-0.2, -0.15) is 0 Å². The van der Waals surface area contributed by atoms with Gasteiger partial charge >= 0.3 is 0 Å². The van der Waals surface area contributed by atoms with Crippen LogP contribution in [0.25, 0.3) is 0 Å². The highest BCUT2D eigenvalue weighted by atomic mass is 16.1. The minimum absolute atomic E-state index is 0.227. The number of likely N-dealkylation sites (N-methyl/N-ethyl adjacent to an activating group) is 1. The molecule has 116 valence electrons. The molecule has 0 N–H and O–H groups in total. The van der Waals surface area contributed by atoms with Crippen molar-refractivity contribution in [2.24, 2.45) is 0 Å². The van der Waals surface area contributed by atoms with E-state index >= 15 is 0 Å². The number of carbonyl (C=O) groups is 1. The van der Waals surface area contributed by atoms with Crippen LogP contribution >= 0.6 is 0 Å². The van der Waals surface area contributed by atoms with Crippen molar-refractivity contribution < 1.29 is 4.79 Å². The molecule has 0 atom stereocenters. The smallest absolute Gasteiger partial charge is 0.176 e. The number of hydrogen-bond donors (Lipinski definition) is 0. The first-order chi connectivity index (χ1) is 10.1. The van der Waals surface area contributed by atoms with Crippen LogP contribution in [0.5, 0.6) is 0 Å². The van der Waals surface area contributed by atoms with Crippen LogP contribution in [0.4, 0.5) is 5.69 Å². The van der Waals surface area contributed by atoms with E-state index < -0.39 is 0 Å². The van der Waals surface area contributed by atoms with E-state index in [-0.39, 0.29) is 5.78 Å². The van der Waals surface area contributed by atoms with Crippen LogP contribution in [-0.2, 0) is 0 Å². The minimum Gasteiger partial charge on any atom is -0.372 e. The summed E-state index contributed by atoms with van der Waals surface area (Å²) in [6, 6.07) is 8.05. The summed E-state index contributed by atoms with van der Waals surface area (Å²) in [7, 11) is 2.13. The van der Waals surface area contributed by atoms with Gasteiger partial charge < -0.3 is 9.80 Å². The number of benzene rings is 1. The molecule has 0 unspecified atom stereocenters. The first-order valence-corrected chi connectivity index (χ1v) is 7.93. The molecule has 1 aliphatic heterocycles. The van der Waals surface area contributed by atoms with Crippen molar-refractivity contribution in [1.82, 2.24) is 9.80 Å². The van der Waals surface area contributed by atoms with Crippen molar-refractivity contribution in [3.05, 3.63) is 29.8 Å². The maximum absolute atomic E-state index is 12.3. The summed E-state index contributed by atoms with van der Waals surface area (Å²) >= 11 is 0. The molecule has 0 aromatic heterocycles. The van der Waals surface area contributed by atoms with Gasteiger partial charge in [-0.3, -0.25) is 9.69 Å². The van der Waals surface area contributed by atoms with Crippen LogP contribution in [0.2, 0.25) is 0 Å². The van der Waals surface area contributed by atoms with E-state index in [0.717, 1.165) is 44.8 Å². The van der Waals surface area contributed by atoms with Gasteiger partial charge in [0.05, 0.1) is 6.54 Å². The average molecular weight is 289 g/mol. The Morgan fingerprint density at radius 2 is 1.62 bits per heavy atom. The summed E-state index contributed by atoms with van der Waals surface area (Å²) in [5.41, 5.74) is 2.01. The molecule has 2 rings (SSSR count). The number of Topliss-reactive ketones (excluding diaryl/α,β-unsaturated/α-hetero) is 1. The number of ketones is 1. The Morgan fingerprint density at radius 3 is 2.14 bits per heavy atom. The van der Waals surface area contributed by atoms with E-state index in [4.69, 9.17) is 0 Å². The van der Waals surface area contributed by atoms with E-state index in [0.29, 0.717) is 6.54 Å². The van der Waals surface area contributed by atoms with Crippen molar-refractivity contribution in [3.63, 3.8) is 0 Å². The number of hydrogen-bond acceptors (Lipinski definition) is 4. The summed E-state index contributed by atoms with van der Waals surface area (Å²) in [5, 5.41) is 0. The zero-order chi connectivity index (χ0) is 15.2. The standard InChI is InChI=1S/C17H27N3O/c1-4-20(5-2)16-8-6-15(7-9-16)17(21)14-19-12-10-18(3)11-13-19/h6-9H,4-5,10-14H2,1-3H3. The van der Waals surface area contributed by atoms with Gasteiger partial charge in [-0.05, 0) is 45.2 Å². The molecule has 1 heterocycles. The lowest BCUT2D eigenvalue weighted by atomic mass is 10.1. The fourth-order valence-corrected chi connectivity index (χ4v) is 2.75. The van der Waals surface area contributed by atoms with E-state index in [1.54, 1.807) is 0 Å². The highest BCUT2D eigenvalue weighted by Gasteiger charge is 2.17. The van der Waals surface area contributed by atoms with Gasteiger partial charge in [0, 0.05) is 50.5 Å². The van der Waals surface area contributed by atoms with Crippen LogP contribution in [0, 0.1) is 0 Å². The molecule has 1 aromatic carbocycles. The zero-order valence-electron chi connectivity index (χ0n) is 13.5. The average Bonchev–Trinajstić information content (AvgIpc) is 2.51. The maximum Gasteiger partial charge on any atom is 0.176 e. The van der Waals surface area contributed by atoms with Crippen LogP contribution < -0.4 is 4.90 Å². The number of rotatable bonds is 6. The molecule has 4 nitrogen and oxygen atoms in total. The molecule has 21 heavy (non-hydrogen) atoms. The highest BCUT2D eigenvalue weighted by Crippen LogP contribution is 2.15. The SMILES string of the molecule is CCN(CC)c1ccc(C(=O)CN2CCN(C)CC2)cc1. The summed E-state index contributed by atoms with van der Waals surface area (Å²) < 4.78 is 0. The lowest BCUT2D eigenvalue weighted by Gasteiger charge is -2.31. The third kappa shape index (κ3) is 4.29. The molecule has 1 fully saturated rings. The van der Waals surface area contributed by atoms with Gasteiger partial charge in [-0.15, -0.1) is 0 Å². The van der Waals surface area contributed by atoms with E-state index in [9.17, 15) is 4.79 Å². The molecule has 1 aliphatic rings. The van der Waals surface area contributed by atoms with Gasteiger partial charge in [0.15, 0.2) is 5.78 Å². The molecular weight excluding hydrogens is 262 g/mol. The summed E-state index contributed by atoms with van der Waals surface area (Å²) in [4.78, 5) is 19.2. The zero-order valence-corrected chi connectivity index (χ0v) is 13.5. The molecule has 0 radical (unpaired) electrons. The lowest BCUT2D eigenvalue weighted by Crippen LogP contribution is -2.46. The topological polar surface area (TPSA) is 26.8 Å². The number of piperazine rings is 1. The van der Waals surface area contributed by atoms with Gasteiger partial charge in [0.2, 0.25) is 0 Å². The van der Waals surface area contributed by atoms with Crippen LogP contribution in [0.15, 0.2) is 24.3 Å². The Kier molecular flexibility index (Phi) is 5.76. The van der Waals surface area contributed by atoms with E-state index in [2.05, 4.69) is 47.7 Å². The van der Waals surface area contributed by atoms with Crippen LogP contribution in [-0.4, -0.2) is 68.4 Å². The fourth-order valence-electron chi connectivity index (χ4n) is 2.75. The third-order valence-corrected chi connectivity index (χ3v) is 4.28. The molecule has 0 bridgehead atoms. The summed E-state index contributed by atoms with van der Waals surface area (Å²) in [6.45, 7) is 10.9. The van der Waals surface area contributed by atoms with E-state index in [1.807, 2.05) is 12.1 Å². The molecule has 0 amide bonds. The second-order valence-electron chi connectivity index (χ2n) is 5.72. The predicted octanol–water partition coefficient (Wildman–Crippen LogP) is 1.96. The molecule has 0 aliphatic carbocycles. The summed E-state index contributed by atoms with van der Waals surface area (Å²) in [5.74, 6) is 0.227. The van der Waals surface area contributed by atoms with Gasteiger partial charge in [-0.25, -0.2) is 0 Å². The highest BCUT2D eigenvalue weighted by molar-refractivity contribution is 5.97. The number of carbonyl (C=O) groups excluding carboxylic acids is 1. The quantitative estimate of drug-likeness (QED) is 0.748. The number of nitrogens with zero attached hydrogens (tertiary/aromatic N) is 3. The largest absolute Gasteiger partial charge is 0.372 e. The van der Waals surface area contributed by atoms with Crippen molar-refractivity contribution in [2.45, 2.75) is 13.8 Å². The maximum atomic E-state index is 12.3. The van der Waals surface area contributed by atoms with Gasteiger partial charge in [0.25, 0.3) is 0 Å². The first kappa shape index (κ1) is 16.0. The Hall–Kier alpha value is -1.39. The molecule has 0 spiro atoms. The molecule has 1 saturated heterocycles. The number of anilines is 1.